The van der Waals surface area contributed by atoms with Crippen LogP contribution in [-0.4, -0.2) is 25.9 Å². The number of nitrogens with zero attached hydrogens (tertiary/aromatic N) is 5. The number of rotatable bonds is 8. The molecule has 0 aliphatic carbocycles. The zero-order valence-electron chi connectivity index (χ0n) is 22.7. The van der Waals surface area contributed by atoms with Gasteiger partial charge in [0.05, 0.1) is 22.1 Å². The summed E-state index contributed by atoms with van der Waals surface area (Å²) in [5, 5.41) is 23.7. The summed E-state index contributed by atoms with van der Waals surface area (Å²) in [4.78, 5) is 16.8. The molecule has 0 saturated heterocycles. The number of nitro groups is 1. The highest BCUT2D eigenvalue weighted by molar-refractivity contribution is 7.99. The quantitative estimate of drug-likeness (QED) is 0.101. The van der Waals surface area contributed by atoms with E-state index in [4.69, 9.17) is 4.42 Å². The zero-order valence-corrected chi connectivity index (χ0v) is 23.5. The summed E-state index contributed by atoms with van der Waals surface area (Å²) in [5.74, 6) is 0.694. The molecule has 0 radical (unpaired) electrons. The van der Waals surface area contributed by atoms with Gasteiger partial charge in [-0.3, -0.25) is 19.7 Å². The third-order valence-corrected chi connectivity index (χ3v) is 8.09. The molecule has 0 saturated carbocycles. The Bertz CT molecular complexity index is 2120. The van der Waals surface area contributed by atoms with Crippen molar-refractivity contribution in [3.05, 3.63) is 143 Å². The number of hydrogen-bond acceptors (Lipinski definition) is 7. The maximum atomic E-state index is 12.2. The van der Waals surface area contributed by atoms with E-state index in [1.807, 2.05) is 114 Å². The first-order valence-corrected chi connectivity index (χ1v) is 14.4. The number of fused-ring (bicyclic) bond motifs is 3. The van der Waals surface area contributed by atoms with Crippen molar-refractivity contribution in [1.82, 2.24) is 14.8 Å². The van der Waals surface area contributed by atoms with Gasteiger partial charge in [-0.25, -0.2) is 0 Å². The van der Waals surface area contributed by atoms with E-state index in [2.05, 4.69) is 15.2 Å². The van der Waals surface area contributed by atoms with Crippen LogP contribution < -0.4 is 0 Å². The Labute approximate surface area is 250 Å². The summed E-state index contributed by atoms with van der Waals surface area (Å²) in [7, 11) is 0. The van der Waals surface area contributed by atoms with E-state index >= 15 is 0 Å². The van der Waals surface area contributed by atoms with E-state index in [9.17, 15) is 10.1 Å². The van der Waals surface area contributed by atoms with Gasteiger partial charge >= 0.3 is 0 Å². The van der Waals surface area contributed by atoms with Crippen molar-refractivity contribution in [2.75, 3.05) is 0 Å². The first-order chi connectivity index (χ1) is 21.1. The molecule has 8 nitrogen and oxygen atoms in total. The Morgan fingerprint density at radius 2 is 1.56 bits per heavy atom. The largest absolute Gasteiger partial charge is 0.456 e. The van der Waals surface area contributed by atoms with E-state index in [0.29, 0.717) is 33.7 Å². The molecule has 9 heteroatoms. The van der Waals surface area contributed by atoms with Crippen molar-refractivity contribution in [1.29, 1.82) is 0 Å². The van der Waals surface area contributed by atoms with Crippen molar-refractivity contribution in [3.63, 3.8) is 0 Å². The zero-order chi connectivity index (χ0) is 29.2. The predicted octanol–water partition coefficient (Wildman–Crippen LogP) is 8.70. The first kappa shape index (κ1) is 26.4. The van der Waals surface area contributed by atoms with Gasteiger partial charge < -0.3 is 4.42 Å². The number of hydrogen-bond donors (Lipinski definition) is 0. The normalized spacial score (nSPS) is 11.5. The first-order valence-electron chi connectivity index (χ1n) is 13.6. The molecule has 0 amide bonds. The lowest BCUT2D eigenvalue weighted by Gasteiger charge is -2.11. The molecule has 0 unspecified atom stereocenters. The molecule has 208 valence electrons. The number of nitro benzene ring substituents is 1. The van der Waals surface area contributed by atoms with Crippen LogP contribution >= 0.6 is 11.8 Å². The topological polar surface area (TPSA) is 99.3 Å². The number of aliphatic imine (C=N–C) groups is 1. The molecule has 0 bridgehead atoms. The maximum Gasteiger partial charge on any atom is 0.283 e. The summed E-state index contributed by atoms with van der Waals surface area (Å²) in [6.07, 6.45) is 1.62. The second-order valence-electron chi connectivity index (χ2n) is 9.87. The van der Waals surface area contributed by atoms with Gasteiger partial charge in [0.1, 0.15) is 11.2 Å². The Morgan fingerprint density at radius 1 is 0.814 bits per heavy atom. The molecule has 2 aromatic heterocycles. The van der Waals surface area contributed by atoms with Gasteiger partial charge in [0, 0.05) is 34.7 Å². The van der Waals surface area contributed by atoms with Crippen LogP contribution in [0.25, 0.3) is 33.3 Å². The van der Waals surface area contributed by atoms with Crippen molar-refractivity contribution in [3.8, 4) is 11.4 Å². The summed E-state index contributed by atoms with van der Waals surface area (Å²) >= 11 is 1.22. The van der Waals surface area contributed by atoms with Crippen LogP contribution in [0.4, 0.5) is 11.4 Å². The fourth-order valence-electron chi connectivity index (χ4n) is 4.96. The van der Waals surface area contributed by atoms with Gasteiger partial charge in [-0.1, -0.05) is 84.9 Å². The molecule has 0 atom stereocenters. The predicted molar refractivity (Wildman–Crippen MR) is 169 cm³/mol. The van der Waals surface area contributed by atoms with Crippen molar-refractivity contribution in [2.24, 2.45) is 4.99 Å². The van der Waals surface area contributed by atoms with E-state index in [0.717, 1.165) is 33.1 Å². The van der Waals surface area contributed by atoms with Crippen molar-refractivity contribution < 1.29 is 9.34 Å². The van der Waals surface area contributed by atoms with Crippen LogP contribution in [0.1, 0.15) is 11.1 Å². The molecule has 43 heavy (non-hydrogen) atoms. The lowest BCUT2D eigenvalue weighted by Crippen LogP contribution is -2.04. The number of benzene rings is 5. The highest BCUT2D eigenvalue weighted by Gasteiger charge is 2.21. The molecule has 0 aliphatic rings. The Hall–Kier alpha value is -5.54. The summed E-state index contributed by atoms with van der Waals surface area (Å²) < 4.78 is 7.95. The molecular formula is C34H23N5O3S. The van der Waals surface area contributed by atoms with Gasteiger partial charge in [-0.05, 0) is 47.2 Å². The lowest BCUT2D eigenvalue weighted by molar-refractivity contribution is -0.387. The monoisotopic (exact) mass is 581 g/mol. The van der Waals surface area contributed by atoms with Crippen molar-refractivity contribution in [2.45, 2.75) is 16.6 Å². The van der Waals surface area contributed by atoms with Crippen molar-refractivity contribution >= 4 is 51.3 Å². The number of furan rings is 1. The lowest BCUT2D eigenvalue weighted by atomic mass is 10.1. The summed E-state index contributed by atoms with van der Waals surface area (Å²) in [6.45, 7) is 0.522. The fraction of sp³-hybridized carbons (Fsp3) is 0.0294. The average molecular weight is 582 g/mol. The standard InChI is InChI=1S/C34H23N5O3S/c40-39(41)29-19-24(21-35-26-16-17-28-27-13-7-8-14-30(27)42-31(28)20-26)15-18-32(29)43-34-37-36-33(25-11-5-2-6-12-25)38(34)22-23-9-3-1-4-10-23/h1-21H,22H2. The SMILES string of the molecule is O=[N+]([O-])c1cc(C=Nc2ccc3c(c2)oc2ccccc23)ccc1Sc1nnc(-c2ccccc2)n1Cc1ccccc1. The fourth-order valence-corrected chi connectivity index (χ4v) is 5.87. The second-order valence-corrected chi connectivity index (χ2v) is 10.9. The Morgan fingerprint density at radius 3 is 2.37 bits per heavy atom. The Balaban J connectivity index is 1.19. The summed E-state index contributed by atoms with van der Waals surface area (Å²) in [5.41, 5.74) is 4.81. The van der Waals surface area contributed by atoms with Gasteiger partial charge in [-0.2, -0.15) is 0 Å². The molecule has 0 spiro atoms. The highest BCUT2D eigenvalue weighted by atomic mass is 32.2. The van der Waals surface area contributed by atoms with Gasteiger partial charge in [0.15, 0.2) is 11.0 Å². The number of aromatic nitrogens is 3. The van der Waals surface area contributed by atoms with Crippen LogP contribution in [-0.2, 0) is 6.54 Å². The third-order valence-electron chi connectivity index (χ3n) is 7.04. The van der Waals surface area contributed by atoms with Crippen LogP contribution in [0, 0.1) is 10.1 Å². The smallest absolute Gasteiger partial charge is 0.283 e. The highest BCUT2D eigenvalue weighted by Crippen LogP contribution is 2.36. The molecule has 0 N–H and O–H groups in total. The Kier molecular flexibility index (Phi) is 6.98. The van der Waals surface area contributed by atoms with Gasteiger partial charge in [0.25, 0.3) is 5.69 Å². The minimum atomic E-state index is -0.379. The minimum Gasteiger partial charge on any atom is -0.456 e. The molecule has 0 aliphatic heterocycles. The average Bonchev–Trinajstić information content (AvgIpc) is 3.61. The second kappa shape index (κ2) is 11.4. The molecular weight excluding hydrogens is 558 g/mol. The van der Waals surface area contributed by atoms with E-state index in [1.165, 1.54) is 17.8 Å². The molecule has 2 heterocycles. The molecule has 7 aromatic rings. The van der Waals surface area contributed by atoms with E-state index in [-0.39, 0.29) is 10.6 Å². The minimum absolute atomic E-state index is 0.0304. The molecule has 7 rings (SSSR count). The van der Waals surface area contributed by atoms with E-state index < -0.39 is 0 Å². The van der Waals surface area contributed by atoms with Crippen LogP contribution in [0.5, 0.6) is 0 Å². The van der Waals surface area contributed by atoms with E-state index in [1.54, 1.807) is 12.3 Å². The van der Waals surface area contributed by atoms with Gasteiger partial charge in [0.2, 0.25) is 0 Å². The van der Waals surface area contributed by atoms with Gasteiger partial charge in [-0.15, -0.1) is 10.2 Å². The van der Waals surface area contributed by atoms with Crippen LogP contribution in [0.15, 0.2) is 141 Å². The molecule has 5 aromatic carbocycles. The number of para-hydroxylation sites is 1. The van der Waals surface area contributed by atoms with Crippen LogP contribution in [0.3, 0.4) is 0 Å². The summed E-state index contributed by atoms with van der Waals surface area (Å²) in [6, 6.07) is 38.5. The third kappa shape index (κ3) is 5.41. The van der Waals surface area contributed by atoms with Crippen LogP contribution in [0.2, 0.25) is 0 Å². The maximum absolute atomic E-state index is 12.2. The molecule has 0 fully saturated rings.